The fraction of sp³-hybridized carbons (Fsp3) is 0.600. The minimum absolute atomic E-state index is 0.421. The summed E-state index contributed by atoms with van der Waals surface area (Å²) < 4.78 is 5.35. The summed E-state index contributed by atoms with van der Waals surface area (Å²) in [6, 6.07) is 6.42. The minimum atomic E-state index is 0.421. The predicted molar refractivity (Wildman–Crippen MR) is 76.5 cm³/mol. The van der Waals surface area contributed by atoms with E-state index in [9.17, 15) is 0 Å². The fourth-order valence-electron chi connectivity index (χ4n) is 2.61. The molecule has 1 aliphatic rings. The van der Waals surface area contributed by atoms with Crippen molar-refractivity contribution < 1.29 is 4.74 Å². The number of hydrogen-bond donors (Lipinski definition) is 0. The van der Waals surface area contributed by atoms with Crippen molar-refractivity contribution in [2.45, 2.75) is 32.4 Å². The molecule has 2 unspecified atom stereocenters. The van der Waals surface area contributed by atoms with E-state index in [1.165, 1.54) is 17.7 Å². The van der Waals surface area contributed by atoms with Gasteiger partial charge in [0.15, 0.2) is 0 Å². The van der Waals surface area contributed by atoms with Gasteiger partial charge in [-0.1, -0.05) is 6.92 Å². The van der Waals surface area contributed by atoms with Crippen LogP contribution in [0, 0.1) is 0 Å². The second-order valence-electron chi connectivity index (χ2n) is 5.34. The van der Waals surface area contributed by atoms with Crippen LogP contribution < -0.4 is 9.64 Å². The molecule has 1 heterocycles. The highest BCUT2D eigenvalue weighted by Crippen LogP contribution is 2.35. The lowest BCUT2D eigenvalue weighted by Crippen LogP contribution is -2.44. The van der Waals surface area contributed by atoms with E-state index >= 15 is 0 Å². The number of methoxy groups -OCH3 is 1. The summed E-state index contributed by atoms with van der Waals surface area (Å²) >= 11 is 0. The van der Waals surface area contributed by atoms with E-state index in [0.29, 0.717) is 12.1 Å². The van der Waals surface area contributed by atoms with Crippen LogP contribution in [0.5, 0.6) is 5.75 Å². The number of rotatable bonds is 1. The van der Waals surface area contributed by atoms with Crippen LogP contribution in [0.15, 0.2) is 18.2 Å². The minimum Gasteiger partial charge on any atom is -0.497 e. The molecule has 0 spiro atoms. The molecule has 0 saturated carbocycles. The molecule has 1 aliphatic heterocycles. The zero-order valence-electron chi connectivity index (χ0n) is 12.1. The lowest BCUT2D eigenvalue weighted by atomic mass is 9.93. The van der Waals surface area contributed by atoms with Crippen LogP contribution in [0.25, 0.3) is 0 Å². The average Bonchev–Trinajstić information content (AvgIpc) is 2.41. The quantitative estimate of drug-likeness (QED) is 0.760. The molecular formula is C15H24N2O. The molecule has 0 amide bonds. The van der Waals surface area contributed by atoms with Gasteiger partial charge in [-0.05, 0) is 50.1 Å². The van der Waals surface area contributed by atoms with E-state index in [1.807, 2.05) is 0 Å². The van der Waals surface area contributed by atoms with Gasteiger partial charge in [0.05, 0.1) is 13.3 Å². The highest BCUT2D eigenvalue weighted by Gasteiger charge is 2.23. The van der Waals surface area contributed by atoms with Gasteiger partial charge < -0.3 is 9.64 Å². The predicted octanol–water partition coefficient (Wildman–Crippen LogP) is 2.92. The molecule has 0 aliphatic carbocycles. The summed E-state index contributed by atoms with van der Waals surface area (Å²) in [6.45, 7) is 5.68. The first-order valence-electron chi connectivity index (χ1n) is 6.65. The van der Waals surface area contributed by atoms with Crippen molar-refractivity contribution in [3.05, 3.63) is 23.8 Å². The largest absolute Gasteiger partial charge is 0.497 e. The Morgan fingerprint density at radius 3 is 2.61 bits per heavy atom. The molecule has 100 valence electrons. The first-order chi connectivity index (χ1) is 8.54. The molecule has 2 atom stereocenters. The summed E-state index contributed by atoms with van der Waals surface area (Å²) in [7, 11) is 6.10. The van der Waals surface area contributed by atoms with Crippen molar-refractivity contribution in [3.63, 3.8) is 0 Å². The van der Waals surface area contributed by atoms with Crippen molar-refractivity contribution in [2.75, 3.05) is 32.6 Å². The molecule has 3 nitrogen and oxygen atoms in total. The van der Waals surface area contributed by atoms with Crippen LogP contribution >= 0.6 is 0 Å². The van der Waals surface area contributed by atoms with Gasteiger partial charge in [-0.25, -0.2) is 0 Å². The Bertz CT molecular complexity index is 419. The van der Waals surface area contributed by atoms with Crippen molar-refractivity contribution >= 4 is 5.69 Å². The fourth-order valence-corrected chi connectivity index (χ4v) is 2.61. The van der Waals surface area contributed by atoms with Crippen LogP contribution in [0.3, 0.4) is 0 Å². The van der Waals surface area contributed by atoms with E-state index in [2.05, 4.69) is 55.9 Å². The van der Waals surface area contributed by atoms with E-state index in [1.54, 1.807) is 7.11 Å². The van der Waals surface area contributed by atoms with Crippen molar-refractivity contribution in [1.82, 2.24) is 4.90 Å². The monoisotopic (exact) mass is 248 g/mol. The Balaban J connectivity index is 2.46. The highest BCUT2D eigenvalue weighted by molar-refractivity contribution is 5.58. The van der Waals surface area contributed by atoms with E-state index in [4.69, 9.17) is 4.74 Å². The average molecular weight is 248 g/mol. The lowest BCUT2D eigenvalue weighted by molar-refractivity contribution is 0.242. The number of nitrogens with zero attached hydrogens (tertiary/aromatic N) is 2. The Morgan fingerprint density at radius 2 is 1.94 bits per heavy atom. The Hall–Kier alpha value is -1.22. The van der Waals surface area contributed by atoms with Crippen LogP contribution in [0.2, 0.25) is 0 Å². The summed E-state index contributed by atoms with van der Waals surface area (Å²) in [5, 5.41) is 0. The van der Waals surface area contributed by atoms with E-state index in [-0.39, 0.29) is 0 Å². The second-order valence-corrected chi connectivity index (χ2v) is 5.34. The molecule has 0 aromatic heterocycles. The molecular weight excluding hydrogens is 224 g/mol. The Kier molecular flexibility index (Phi) is 3.81. The highest BCUT2D eigenvalue weighted by atomic mass is 16.5. The van der Waals surface area contributed by atoms with Crippen molar-refractivity contribution in [2.24, 2.45) is 0 Å². The van der Waals surface area contributed by atoms with E-state index < -0.39 is 0 Å². The molecule has 18 heavy (non-hydrogen) atoms. The van der Waals surface area contributed by atoms with Gasteiger partial charge in [0.25, 0.3) is 0 Å². The number of benzene rings is 1. The van der Waals surface area contributed by atoms with E-state index in [0.717, 1.165) is 12.3 Å². The zero-order valence-corrected chi connectivity index (χ0v) is 12.1. The molecule has 3 heteroatoms. The molecule has 0 radical (unpaired) electrons. The maximum Gasteiger partial charge on any atom is 0.119 e. The molecule has 1 aromatic rings. The summed E-state index contributed by atoms with van der Waals surface area (Å²) in [4.78, 5) is 4.76. The Labute approximate surface area is 110 Å². The SMILES string of the molecule is COc1ccc2c(c1)C(C)CCN(C)C(C)N2C. The van der Waals surface area contributed by atoms with Gasteiger partial charge in [-0.3, -0.25) is 4.90 Å². The summed E-state index contributed by atoms with van der Waals surface area (Å²) in [5.41, 5.74) is 2.72. The molecule has 0 fully saturated rings. The summed E-state index contributed by atoms with van der Waals surface area (Å²) in [6.07, 6.45) is 1.61. The lowest BCUT2D eigenvalue weighted by Gasteiger charge is -2.39. The maximum atomic E-state index is 5.35. The van der Waals surface area contributed by atoms with Gasteiger partial charge in [0, 0.05) is 19.3 Å². The molecule has 0 N–H and O–H groups in total. The van der Waals surface area contributed by atoms with Crippen LogP contribution in [0.1, 0.15) is 31.7 Å². The molecule has 0 saturated heterocycles. The number of fused-ring (bicyclic) bond motifs is 1. The number of ether oxygens (including phenoxy) is 1. The zero-order chi connectivity index (χ0) is 13.3. The third-order valence-electron chi connectivity index (χ3n) is 4.26. The Morgan fingerprint density at radius 1 is 1.22 bits per heavy atom. The first-order valence-corrected chi connectivity index (χ1v) is 6.65. The molecule has 1 aromatic carbocycles. The molecule has 2 rings (SSSR count). The van der Waals surface area contributed by atoms with Crippen molar-refractivity contribution in [1.29, 1.82) is 0 Å². The number of hydrogen-bond acceptors (Lipinski definition) is 3. The van der Waals surface area contributed by atoms with Gasteiger partial charge >= 0.3 is 0 Å². The number of anilines is 1. The summed E-state index contributed by atoms with van der Waals surface area (Å²) in [5.74, 6) is 1.52. The first kappa shape index (κ1) is 13.2. The third kappa shape index (κ3) is 2.32. The van der Waals surface area contributed by atoms with Crippen LogP contribution in [0.4, 0.5) is 5.69 Å². The van der Waals surface area contributed by atoms with Crippen LogP contribution in [-0.4, -0.2) is 38.8 Å². The maximum absolute atomic E-state index is 5.35. The normalized spacial score (nSPS) is 25.3. The van der Waals surface area contributed by atoms with Gasteiger partial charge in [-0.2, -0.15) is 0 Å². The smallest absolute Gasteiger partial charge is 0.119 e. The van der Waals surface area contributed by atoms with Crippen molar-refractivity contribution in [3.8, 4) is 5.75 Å². The van der Waals surface area contributed by atoms with Crippen LogP contribution in [-0.2, 0) is 0 Å². The van der Waals surface area contributed by atoms with Gasteiger partial charge in [0.1, 0.15) is 5.75 Å². The molecule has 0 bridgehead atoms. The van der Waals surface area contributed by atoms with Gasteiger partial charge in [-0.15, -0.1) is 0 Å². The second kappa shape index (κ2) is 5.19. The van der Waals surface area contributed by atoms with Gasteiger partial charge in [0.2, 0.25) is 0 Å². The standard InChI is InChI=1S/C15H24N2O/c1-11-8-9-16(3)12(2)17(4)15-7-6-13(18-5)10-14(11)15/h6-7,10-12H,8-9H2,1-5H3. The topological polar surface area (TPSA) is 15.7 Å². The third-order valence-corrected chi connectivity index (χ3v) is 4.26.